The standard InChI is InChI=1S/C16H17BrN2O2/c1-2-21-16(20)14-9-18-19(15(14)12-5-6-12)10-11-3-7-13(17)8-4-11/h3-4,7-9,12H,2,5-6,10H2,1H3. The molecule has 4 nitrogen and oxygen atoms in total. The Kier molecular flexibility index (Phi) is 4.10. The average molecular weight is 349 g/mol. The maximum Gasteiger partial charge on any atom is 0.341 e. The summed E-state index contributed by atoms with van der Waals surface area (Å²) in [5, 5.41) is 4.40. The molecular formula is C16H17BrN2O2. The molecule has 0 unspecified atom stereocenters. The Morgan fingerprint density at radius 2 is 2.10 bits per heavy atom. The number of benzene rings is 1. The number of hydrogen-bond acceptors (Lipinski definition) is 3. The van der Waals surface area contributed by atoms with Crippen LogP contribution >= 0.6 is 15.9 Å². The van der Waals surface area contributed by atoms with Crippen molar-refractivity contribution in [3.05, 3.63) is 51.8 Å². The fourth-order valence-corrected chi connectivity index (χ4v) is 2.70. The van der Waals surface area contributed by atoms with Crippen molar-refractivity contribution >= 4 is 21.9 Å². The molecule has 1 aliphatic rings. The number of carbonyl (C=O) groups is 1. The molecule has 1 aromatic heterocycles. The van der Waals surface area contributed by atoms with Crippen LogP contribution in [0.5, 0.6) is 0 Å². The van der Waals surface area contributed by atoms with Gasteiger partial charge in [-0.15, -0.1) is 0 Å². The van der Waals surface area contributed by atoms with Gasteiger partial charge in [-0.25, -0.2) is 4.79 Å². The number of rotatable bonds is 5. The largest absolute Gasteiger partial charge is 0.462 e. The first-order valence-electron chi connectivity index (χ1n) is 7.16. The molecule has 0 radical (unpaired) electrons. The van der Waals surface area contributed by atoms with Gasteiger partial charge in [-0.2, -0.15) is 5.10 Å². The Morgan fingerprint density at radius 1 is 1.38 bits per heavy atom. The van der Waals surface area contributed by atoms with Crippen molar-refractivity contribution in [1.29, 1.82) is 0 Å². The van der Waals surface area contributed by atoms with Gasteiger partial charge in [0.25, 0.3) is 0 Å². The predicted molar refractivity (Wildman–Crippen MR) is 83.4 cm³/mol. The van der Waals surface area contributed by atoms with Crippen molar-refractivity contribution in [3.63, 3.8) is 0 Å². The predicted octanol–water partition coefficient (Wildman–Crippen LogP) is 3.75. The Labute approximate surface area is 132 Å². The smallest absolute Gasteiger partial charge is 0.341 e. The minimum Gasteiger partial charge on any atom is -0.462 e. The monoisotopic (exact) mass is 348 g/mol. The molecule has 0 N–H and O–H groups in total. The van der Waals surface area contributed by atoms with Crippen molar-refractivity contribution in [2.75, 3.05) is 6.61 Å². The Morgan fingerprint density at radius 3 is 2.71 bits per heavy atom. The van der Waals surface area contributed by atoms with E-state index < -0.39 is 0 Å². The summed E-state index contributed by atoms with van der Waals surface area (Å²) in [7, 11) is 0. The van der Waals surface area contributed by atoms with E-state index in [1.807, 2.05) is 23.7 Å². The number of esters is 1. The zero-order chi connectivity index (χ0) is 14.8. The van der Waals surface area contributed by atoms with Gasteiger partial charge in [0, 0.05) is 10.4 Å². The molecule has 1 saturated carbocycles. The maximum atomic E-state index is 12.0. The fraction of sp³-hybridized carbons (Fsp3) is 0.375. The van der Waals surface area contributed by atoms with Gasteiger partial charge in [0.1, 0.15) is 5.56 Å². The molecule has 2 aromatic rings. The first-order valence-corrected chi connectivity index (χ1v) is 7.95. The molecule has 0 saturated heterocycles. The van der Waals surface area contributed by atoms with E-state index in [-0.39, 0.29) is 5.97 Å². The highest BCUT2D eigenvalue weighted by molar-refractivity contribution is 9.10. The lowest BCUT2D eigenvalue weighted by molar-refractivity contribution is 0.0525. The highest BCUT2D eigenvalue weighted by Gasteiger charge is 2.32. The van der Waals surface area contributed by atoms with E-state index in [2.05, 4.69) is 33.2 Å². The average Bonchev–Trinajstić information content (AvgIpc) is 3.22. The summed E-state index contributed by atoms with van der Waals surface area (Å²) >= 11 is 3.44. The van der Waals surface area contributed by atoms with Crippen molar-refractivity contribution in [3.8, 4) is 0 Å². The third-order valence-corrected chi connectivity index (χ3v) is 4.11. The van der Waals surface area contributed by atoms with Crippen LogP contribution in [0.1, 0.15) is 47.3 Å². The molecule has 110 valence electrons. The summed E-state index contributed by atoms with van der Waals surface area (Å²) in [4.78, 5) is 12.0. The van der Waals surface area contributed by atoms with Crippen LogP contribution in [0.4, 0.5) is 0 Å². The minimum atomic E-state index is -0.263. The molecule has 3 rings (SSSR count). The fourth-order valence-electron chi connectivity index (χ4n) is 2.44. The van der Waals surface area contributed by atoms with E-state index in [1.165, 1.54) is 5.56 Å². The second-order valence-electron chi connectivity index (χ2n) is 5.22. The van der Waals surface area contributed by atoms with Crippen molar-refractivity contribution < 1.29 is 9.53 Å². The van der Waals surface area contributed by atoms with Gasteiger partial charge in [-0.3, -0.25) is 4.68 Å². The normalized spacial score (nSPS) is 14.2. The Bertz CT molecular complexity index is 645. The van der Waals surface area contributed by atoms with Crippen LogP contribution in [0.2, 0.25) is 0 Å². The van der Waals surface area contributed by atoms with Crippen LogP contribution in [0.15, 0.2) is 34.9 Å². The zero-order valence-corrected chi connectivity index (χ0v) is 13.5. The second kappa shape index (κ2) is 6.02. The molecular weight excluding hydrogens is 332 g/mol. The van der Waals surface area contributed by atoms with Gasteiger partial charge in [-0.05, 0) is 37.5 Å². The molecule has 0 atom stereocenters. The molecule has 0 spiro atoms. The Balaban J connectivity index is 1.88. The van der Waals surface area contributed by atoms with Crippen LogP contribution in [-0.4, -0.2) is 22.4 Å². The van der Waals surface area contributed by atoms with Crippen molar-refractivity contribution in [2.45, 2.75) is 32.2 Å². The first-order chi connectivity index (χ1) is 10.2. The highest BCUT2D eigenvalue weighted by atomic mass is 79.9. The van der Waals surface area contributed by atoms with E-state index in [0.717, 1.165) is 23.0 Å². The van der Waals surface area contributed by atoms with Crippen LogP contribution in [0.3, 0.4) is 0 Å². The van der Waals surface area contributed by atoms with Crippen LogP contribution in [0, 0.1) is 0 Å². The Hall–Kier alpha value is -1.62. The number of carbonyl (C=O) groups excluding carboxylic acids is 1. The van der Waals surface area contributed by atoms with Gasteiger partial charge in [-0.1, -0.05) is 28.1 Å². The lowest BCUT2D eigenvalue weighted by atomic mass is 10.1. The van der Waals surface area contributed by atoms with E-state index in [0.29, 0.717) is 24.6 Å². The van der Waals surface area contributed by atoms with Crippen molar-refractivity contribution in [2.24, 2.45) is 0 Å². The molecule has 1 aliphatic carbocycles. The quantitative estimate of drug-likeness (QED) is 0.773. The van der Waals surface area contributed by atoms with Gasteiger partial charge in [0.15, 0.2) is 0 Å². The lowest BCUT2D eigenvalue weighted by Crippen LogP contribution is -2.10. The number of ether oxygens (including phenoxy) is 1. The van der Waals surface area contributed by atoms with E-state index >= 15 is 0 Å². The summed E-state index contributed by atoms with van der Waals surface area (Å²) < 4.78 is 8.12. The number of nitrogens with zero attached hydrogens (tertiary/aromatic N) is 2. The van der Waals surface area contributed by atoms with Crippen LogP contribution < -0.4 is 0 Å². The van der Waals surface area contributed by atoms with E-state index in [9.17, 15) is 4.79 Å². The third kappa shape index (κ3) is 3.18. The molecule has 1 heterocycles. The lowest BCUT2D eigenvalue weighted by Gasteiger charge is -2.09. The number of aromatic nitrogens is 2. The minimum absolute atomic E-state index is 0.263. The van der Waals surface area contributed by atoms with Crippen LogP contribution in [0.25, 0.3) is 0 Å². The summed E-state index contributed by atoms with van der Waals surface area (Å²) in [5.74, 6) is 0.184. The van der Waals surface area contributed by atoms with Gasteiger partial charge in [0.2, 0.25) is 0 Å². The second-order valence-corrected chi connectivity index (χ2v) is 6.14. The van der Waals surface area contributed by atoms with Gasteiger partial charge >= 0.3 is 5.97 Å². The molecule has 21 heavy (non-hydrogen) atoms. The molecule has 0 bridgehead atoms. The van der Waals surface area contributed by atoms with E-state index in [1.54, 1.807) is 6.20 Å². The number of hydrogen-bond donors (Lipinski definition) is 0. The molecule has 1 fully saturated rings. The molecule has 5 heteroatoms. The number of halogens is 1. The highest BCUT2D eigenvalue weighted by Crippen LogP contribution is 2.42. The van der Waals surface area contributed by atoms with Crippen LogP contribution in [-0.2, 0) is 11.3 Å². The summed E-state index contributed by atoms with van der Waals surface area (Å²) in [5.41, 5.74) is 2.81. The van der Waals surface area contributed by atoms with Gasteiger partial charge < -0.3 is 4.74 Å². The summed E-state index contributed by atoms with van der Waals surface area (Å²) in [6, 6.07) is 8.16. The van der Waals surface area contributed by atoms with Crippen molar-refractivity contribution in [1.82, 2.24) is 9.78 Å². The third-order valence-electron chi connectivity index (χ3n) is 3.59. The first kappa shape index (κ1) is 14.3. The SMILES string of the molecule is CCOC(=O)c1cnn(Cc2ccc(Br)cc2)c1C1CC1. The molecule has 0 amide bonds. The zero-order valence-electron chi connectivity index (χ0n) is 11.9. The molecule has 0 aliphatic heterocycles. The summed E-state index contributed by atoms with van der Waals surface area (Å²) in [6.45, 7) is 2.89. The van der Waals surface area contributed by atoms with Gasteiger partial charge in [0.05, 0.1) is 25.0 Å². The molecule has 1 aromatic carbocycles. The van der Waals surface area contributed by atoms with E-state index in [4.69, 9.17) is 4.74 Å². The maximum absolute atomic E-state index is 12.0. The topological polar surface area (TPSA) is 44.1 Å². The summed E-state index contributed by atoms with van der Waals surface area (Å²) in [6.07, 6.45) is 3.89.